The number of carbonyl (C=O) groups excluding carboxylic acids is 2. The van der Waals surface area contributed by atoms with Crippen molar-refractivity contribution in [1.29, 1.82) is 0 Å². The Hall–Kier alpha value is -2.14. The SMILES string of the molecule is COc1ccc(N2C(=O)[C@H](OCC=C(C)C)[C@@H]2C=O)cc1. The fourth-order valence-electron chi connectivity index (χ4n) is 2.15. The van der Waals surface area contributed by atoms with Crippen molar-refractivity contribution in [1.82, 2.24) is 0 Å². The molecule has 0 radical (unpaired) electrons. The molecule has 1 aromatic carbocycles. The summed E-state index contributed by atoms with van der Waals surface area (Å²) in [7, 11) is 1.57. The lowest BCUT2D eigenvalue weighted by atomic mass is 9.98. The molecule has 21 heavy (non-hydrogen) atoms. The van der Waals surface area contributed by atoms with E-state index in [4.69, 9.17) is 9.47 Å². The molecule has 2 rings (SSSR count). The van der Waals surface area contributed by atoms with Crippen LogP contribution in [0.15, 0.2) is 35.9 Å². The molecule has 0 bridgehead atoms. The molecular formula is C16H19NO4. The first-order valence-electron chi connectivity index (χ1n) is 6.76. The van der Waals surface area contributed by atoms with Gasteiger partial charge in [-0.3, -0.25) is 9.69 Å². The smallest absolute Gasteiger partial charge is 0.259 e. The summed E-state index contributed by atoms with van der Waals surface area (Å²) in [6.45, 7) is 4.24. The number of anilines is 1. The second-order valence-corrected chi connectivity index (χ2v) is 5.07. The zero-order chi connectivity index (χ0) is 15.4. The third kappa shape index (κ3) is 3.13. The van der Waals surface area contributed by atoms with E-state index in [0.717, 1.165) is 11.9 Å². The lowest BCUT2D eigenvalue weighted by molar-refractivity contribution is -0.144. The molecule has 0 aromatic heterocycles. The van der Waals surface area contributed by atoms with E-state index in [1.165, 1.54) is 4.90 Å². The van der Waals surface area contributed by atoms with Crippen LogP contribution in [0, 0.1) is 0 Å². The minimum atomic E-state index is -0.694. The Balaban J connectivity index is 2.06. The van der Waals surface area contributed by atoms with E-state index < -0.39 is 12.1 Å². The van der Waals surface area contributed by atoms with Crippen LogP contribution in [0.2, 0.25) is 0 Å². The number of rotatable bonds is 6. The Morgan fingerprint density at radius 3 is 2.48 bits per heavy atom. The monoisotopic (exact) mass is 289 g/mol. The molecular weight excluding hydrogens is 270 g/mol. The predicted molar refractivity (Wildman–Crippen MR) is 79.5 cm³/mol. The van der Waals surface area contributed by atoms with Crippen LogP contribution < -0.4 is 9.64 Å². The first kappa shape index (κ1) is 15.3. The van der Waals surface area contributed by atoms with E-state index >= 15 is 0 Å². The molecule has 112 valence electrons. The Morgan fingerprint density at radius 2 is 1.95 bits per heavy atom. The van der Waals surface area contributed by atoms with Crippen LogP contribution in [0.5, 0.6) is 5.75 Å². The average Bonchev–Trinajstić information content (AvgIpc) is 2.48. The van der Waals surface area contributed by atoms with Gasteiger partial charge in [0.2, 0.25) is 0 Å². The summed E-state index contributed by atoms with van der Waals surface area (Å²) in [6.07, 6.45) is 1.93. The van der Waals surface area contributed by atoms with Gasteiger partial charge in [0.25, 0.3) is 5.91 Å². The minimum absolute atomic E-state index is 0.195. The van der Waals surface area contributed by atoms with Gasteiger partial charge in [-0.2, -0.15) is 0 Å². The fraction of sp³-hybridized carbons (Fsp3) is 0.375. The van der Waals surface area contributed by atoms with Gasteiger partial charge in [0.05, 0.1) is 13.7 Å². The van der Waals surface area contributed by atoms with Crippen molar-refractivity contribution in [2.75, 3.05) is 18.6 Å². The number of benzene rings is 1. The molecule has 0 spiro atoms. The van der Waals surface area contributed by atoms with Gasteiger partial charge in [-0.15, -0.1) is 0 Å². The molecule has 0 aliphatic carbocycles. The number of hydrogen-bond donors (Lipinski definition) is 0. The maximum atomic E-state index is 12.2. The molecule has 5 heteroatoms. The van der Waals surface area contributed by atoms with Crippen LogP contribution in [0.25, 0.3) is 0 Å². The Labute approximate surface area is 124 Å². The van der Waals surface area contributed by atoms with Crippen molar-refractivity contribution in [2.45, 2.75) is 26.0 Å². The number of allylic oxidation sites excluding steroid dienone is 1. The molecule has 5 nitrogen and oxygen atoms in total. The van der Waals surface area contributed by atoms with Crippen LogP contribution in [0.1, 0.15) is 13.8 Å². The summed E-state index contributed by atoms with van der Waals surface area (Å²) in [4.78, 5) is 24.8. The highest BCUT2D eigenvalue weighted by atomic mass is 16.5. The van der Waals surface area contributed by atoms with Crippen LogP contribution in [-0.4, -0.2) is 38.1 Å². The molecule has 1 fully saturated rings. The van der Waals surface area contributed by atoms with E-state index in [-0.39, 0.29) is 5.91 Å². The molecule has 1 aromatic rings. The highest BCUT2D eigenvalue weighted by Gasteiger charge is 2.49. The summed E-state index contributed by atoms with van der Waals surface area (Å²) in [6, 6.07) is 6.43. The first-order valence-corrected chi connectivity index (χ1v) is 6.76. The number of hydrogen-bond acceptors (Lipinski definition) is 4. The topological polar surface area (TPSA) is 55.8 Å². The standard InChI is InChI=1S/C16H19NO4/c1-11(2)8-9-21-15-14(10-18)17(16(15)19)12-4-6-13(20-3)7-5-12/h4-8,10,14-15H,9H2,1-3H3/t14-,15+/m0/s1. The number of methoxy groups -OCH3 is 1. The third-order valence-corrected chi connectivity index (χ3v) is 3.35. The lowest BCUT2D eigenvalue weighted by Gasteiger charge is -2.43. The number of aldehydes is 1. The van der Waals surface area contributed by atoms with Crippen molar-refractivity contribution in [3.05, 3.63) is 35.9 Å². The Kier molecular flexibility index (Phi) is 4.75. The summed E-state index contributed by atoms with van der Waals surface area (Å²) in [5, 5.41) is 0. The van der Waals surface area contributed by atoms with Gasteiger partial charge in [-0.05, 0) is 38.1 Å². The molecule has 1 saturated heterocycles. The number of amides is 1. The molecule has 1 amide bonds. The largest absolute Gasteiger partial charge is 0.497 e. The lowest BCUT2D eigenvalue weighted by Crippen LogP contribution is -2.67. The number of nitrogens with zero attached hydrogens (tertiary/aromatic N) is 1. The van der Waals surface area contributed by atoms with Gasteiger partial charge in [0, 0.05) is 5.69 Å². The van der Waals surface area contributed by atoms with Gasteiger partial charge in [0.15, 0.2) is 6.10 Å². The molecule has 2 atom stereocenters. The number of ether oxygens (including phenoxy) is 2. The van der Waals surface area contributed by atoms with Gasteiger partial charge < -0.3 is 14.3 Å². The van der Waals surface area contributed by atoms with Crippen molar-refractivity contribution in [3.63, 3.8) is 0 Å². The number of carbonyl (C=O) groups is 2. The first-order chi connectivity index (χ1) is 10.1. The van der Waals surface area contributed by atoms with Gasteiger partial charge in [0.1, 0.15) is 18.1 Å². The van der Waals surface area contributed by atoms with Crippen LogP contribution >= 0.6 is 0 Å². The quantitative estimate of drug-likeness (QED) is 0.456. The molecule has 1 heterocycles. The highest BCUT2D eigenvalue weighted by Crippen LogP contribution is 2.30. The highest BCUT2D eigenvalue weighted by molar-refractivity contribution is 6.10. The van der Waals surface area contributed by atoms with Crippen molar-refractivity contribution < 1.29 is 19.1 Å². The van der Waals surface area contributed by atoms with E-state index in [2.05, 4.69) is 0 Å². The molecule has 1 aliphatic heterocycles. The van der Waals surface area contributed by atoms with E-state index in [0.29, 0.717) is 18.0 Å². The van der Waals surface area contributed by atoms with Crippen molar-refractivity contribution >= 4 is 17.9 Å². The summed E-state index contributed by atoms with van der Waals surface area (Å²) >= 11 is 0. The van der Waals surface area contributed by atoms with E-state index in [1.54, 1.807) is 31.4 Å². The van der Waals surface area contributed by atoms with Gasteiger partial charge >= 0.3 is 0 Å². The number of β-lactam (4-membered cyclic amide) rings is 1. The van der Waals surface area contributed by atoms with Crippen molar-refractivity contribution in [3.8, 4) is 5.75 Å². The average molecular weight is 289 g/mol. The summed E-state index contributed by atoms with van der Waals surface area (Å²) < 4.78 is 10.6. The zero-order valence-corrected chi connectivity index (χ0v) is 12.4. The van der Waals surface area contributed by atoms with Gasteiger partial charge in [-0.1, -0.05) is 11.6 Å². The Bertz CT molecular complexity index is 546. The molecule has 0 saturated carbocycles. The predicted octanol–water partition coefficient (Wildman–Crippen LogP) is 1.96. The summed E-state index contributed by atoms with van der Waals surface area (Å²) in [5.41, 5.74) is 1.77. The van der Waals surface area contributed by atoms with Crippen LogP contribution in [0.4, 0.5) is 5.69 Å². The third-order valence-electron chi connectivity index (χ3n) is 3.35. The van der Waals surface area contributed by atoms with Crippen LogP contribution in [0.3, 0.4) is 0 Å². The maximum absolute atomic E-state index is 12.2. The second-order valence-electron chi connectivity index (χ2n) is 5.07. The van der Waals surface area contributed by atoms with Crippen LogP contribution in [-0.2, 0) is 14.3 Å². The molecule has 1 aliphatic rings. The maximum Gasteiger partial charge on any atom is 0.259 e. The molecule has 0 unspecified atom stereocenters. The summed E-state index contributed by atoms with van der Waals surface area (Å²) in [5.74, 6) is 0.505. The normalized spacial score (nSPS) is 20.7. The van der Waals surface area contributed by atoms with E-state index in [9.17, 15) is 9.59 Å². The zero-order valence-electron chi connectivity index (χ0n) is 12.4. The Morgan fingerprint density at radius 1 is 1.29 bits per heavy atom. The van der Waals surface area contributed by atoms with Gasteiger partial charge in [-0.25, -0.2) is 0 Å². The van der Waals surface area contributed by atoms with E-state index in [1.807, 2.05) is 19.9 Å². The minimum Gasteiger partial charge on any atom is -0.497 e. The van der Waals surface area contributed by atoms with Crippen molar-refractivity contribution in [2.24, 2.45) is 0 Å². The fourth-order valence-corrected chi connectivity index (χ4v) is 2.15. The molecule has 0 N–H and O–H groups in total. The second kappa shape index (κ2) is 6.54.